The van der Waals surface area contributed by atoms with Crippen molar-refractivity contribution in [3.8, 4) is 5.75 Å². The minimum absolute atomic E-state index is 0.168. The van der Waals surface area contributed by atoms with Gasteiger partial charge < -0.3 is 15.4 Å². The molecule has 25 heavy (non-hydrogen) atoms. The Morgan fingerprint density at radius 2 is 1.72 bits per heavy atom. The molecule has 0 saturated carbocycles. The lowest BCUT2D eigenvalue weighted by Crippen LogP contribution is -2.39. The van der Waals surface area contributed by atoms with Crippen LogP contribution in [0.5, 0.6) is 5.75 Å². The lowest BCUT2D eigenvalue weighted by Gasteiger charge is -2.13. The van der Waals surface area contributed by atoms with Crippen molar-refractivity contribution in [3.63, 3.8) is 0 Å². The summed E-state index contributed by atoms with van der Waals surface area (Å²) in [6, 6.07) is 13.0. The molecule has 0 aliphatic heterocycles. The summed E-state index contributed by atoms with van der Waals surface area (Å²) in [6.07, 6.45) is 1.44. The van der Waals surface area contributed by atoms with Crippen molar-refractivity contribution in [2.75, 3.05) is 27.2 Å². The molecular weight excluding hydrogens is 317 g/mol. The molecule has 5 heteroatoms. The Labute approximate surface area is 149 Å². The maximum absolute atomic E-state index is 13.6. The summed E-state index contributed by atoms with van der Waals surface area (Å²) in [7, 11) is 3.41. The number of hydrogen-bond donors (Lipinski definition) is 2. The van der Waals surface area contributed by atoms with Crippen LogP contribution in [-0.2, 0) is 12.8 Å². The van der Waals surface area contributed by atoms with Crippen molar-refractivity contribution >= 4 is 5.96 Å². The standard InChI is InChI=1S/C20H26FN3O/c1-15-8-9-19(25-3)17(14-15)11-13-24-20(22-2)23-12-10-16-6-4-5-7-18(16)21/h4-9,14H,10-13H2,1-3H3,(H2,22,23,24). The molecule has 0 spiro atoms. The number of aryl methyl sites for hydroxylation is 1. The zero-order valence-electron chi connectivity index (χ0n) is 15.1. The van der Waals surface area contributed by atoms with Crippen molar-refractivity contribution in [1.82, 2.24) is 10.6 Å². The van der Waals surface area contributed by atoms with Crippen molar-refractivity contribution in [3.05, 3.63) is 65.0 Å². The van der Waals surface area contributed by atoms with Crippen LogP contribution in [0.1, 0.15) is 16.7 Å². The summed E-state index contributed by atoms with van der Waals surface area (Å²) in [4.78, 5) is 4.20. The zero-order valence-corrected chi connectivity index (χ0v) is 15.1. The topological polar surface area (TPSA) is 45.7 Å². The van der Waals surface area contributed by atoms with Gasteiger partial charge in [0.25, 0.3) is 0 Å². The second-order valence-electron chi connectivity index (χ2n) is 5.83. The van der Waals surface area contributed by atoms with E-state index in [9.17, 15) is 4.39 Å². The number of methoxy groups -OCH3 is 1. The lowest BCUT2D eigenvalue weighted by molar-refractivity contribution is 0.409. The molecular formula is C20H26FN3O. The van der Waals surface area contributed by atoms with E-state index in [1.807, 2.05) is 18.2 Å². The van der Waals surface area contributed by atoms with E-state index in [0.29, 0.717) is 24.5 Å². The summed E-state index contributed by atoms with van der Waals surface area (Å²) in [5, 5.41) is 6.49. The molecule has 2 aromatic carbocycles. The fourth-order valence-corrected chi connectivity index (χ4v) is 2.66. The van der Waals surface area contributed by atoms with Gasteiger partial charge in [-0.3, -0.25) is 4.99 Å². The van der Waals surface area contributed by atoms with Crippen LogP contribution in [0.25, 0.3) is 0 Å². The Morgan fingerprint density at radius 3 is 2.36 bits per heavy atom. The molecule has 0 aromatic heterocycles. The fourth-order valence-electron chi connectivity index (χ4n) is 2.66. The van der Waals surface area contributed by atoms with Gasteiger partial charge >= 0.3 is 0 Å². The highest BCUT2D eigenvalue weighted by Gasteiger charge is 2.05. The summed E-state index contributed by atoms with van der Waals surface area (Å²) < 4.78 is 19.0. The van der Waals surface area contributed by atoms with E-state index in [-0.39, 0.29) is 5.82 Å². The monoisotopic (exact) mass is 343 g/mol. The van der Waals surface area contributed by atoms with Gasteiger partial charge in [-0.05, 0) is 43.0 Å². The van der Waals surface area contributed by atoms with E-state index in [4.69, 9.17) is 4.74 Å². The molecule has 0 atom stereocenters. The number of ether oxygens (including phenoxy) is 1. The molecule has 134 valence electrons. The highest BCUT2D eigenvalue weighted by molar-refractivity contribution is 5.79. The van der Waals surface area contributed by atoms with E-state index >= 15 is 0 Å². The van der Waals surface area contributed by atoms with Gasteiger partial charge in [0.05, 0.1) is 7.11 Å². The number of aliphatic imine (C=N–C) groups is 1. The molecule has 0 fully saturated rings. The van der Waals surface area contributed by atoms with Crippen molar-refractivity contribution in [2.45, 2.75) is 19.8 Å². The van der Waals surface area contributed by atoms with Gasteiger partial charge in [0, 0.05) is 20.1 Å². The van der Waals surface area contributed by atoms with Crippen LogP contribution >= 0.6 is 0 Å². The van der Waals surface area contributed by atoms with Gasteiger partial charge in [-0.1, -0.05) is 35.9 Å². The van der Waals surface area contributed by atoms with Crippen LogP contribution in [0.4, 0.5) is 4.39 Å². The molecule has 0 amide bonds. The SMILES string of the molecule is CN=C(NCCc1ccccc1F)NCCc1cc(C)ccc1OC. The highest BCUT2D eigenvalue weighted by atomic mass is 19.1. The van der Waals surface area contributed by atoms with Gasteiger partial charge in [0.2, 0.25) is 0 Å². The van der Waals surface area contributed by atoms with Crippen LogP contribution < -0.4 is 15.4 Å². The minimum Gasteiger partial charge on any atom is -0.496 e. The van der Waals surface area contributed by atoms with E-state index in [1.165, 1.54) is 11.6 Å². The first-order valence-corrected chi connectivity index (χ1v) is 8.45. The maximum Gasteiger partial charge on any atom is 0.190 e. The normalized spacial score (nSPS) is 11.3. The smallest absolute Gasteiger partial charge is 0.190 e. The zero-order chi connectivity index (χ0) is 18.1. The van der Waals surface area contributed by atoms with Crippen LogP contribution in [-0.4, -0.2) is 33.2 Å². The summed E-state index contributed by atoms with van der Waals surface area (Å²) in [5.41, 5.74) is 3.08. The number of benzene rings is 2. The van der Waals surface area contributed by atoms with E-state index in [2.05, 4.69) is 28.6 Å². The molecule has 0 aliphatic rings. The van der Waals surface area contributed by atoms with Gasteiger partial charge in [0.1, 0.15) is 11.6 Å². The molecule has 0 bridgehead atoms. The van der Waals surface area contributed by atoms with Crippen molar-refractivity contribution < 1.29 is 9.13 Å². The van der Waals surface area contributed by atoms with Crippen molar-refractivity contribution in [1.29, 1.82) is 0 Å². The lowest BCUT2D eigenvalue weighted by atomic mass is 10.1. The molecule has 0 aliphatic carbocycles. The molecule has 4 nitrogen and oxygen atoms in total. The predicted octanol–water partition coefficient (Wildman–Crippen LogP) is 3.09. The Kier molecular flexibility index (Phi) is 7.26. The molecule has 0 radical (unpaired) electrons. The van der Waals surface area contributed by atoms with Crippen LogP contribution in [0.3, 0.4) is 0 Å². The van der Waals surface area contributed by atoms with Gasteiger partial charge in [-0.2, -0.15) is 0 Å². The number of hydrogen-bond acceptors (Lipinski definition) is 2. The Morgan fingerprint density at radius 1 is 1.04 bits per heavy atom. The average Bonchev–Trinajstić information content (AvgIpc) is 2.62. The number of guanidine groups is 1. The first kappa shape index (κ1) is 18.8. The second kappa shape index (κ2) is 9.67. The Bertz CT molecular complexity index is 716. The first-order chi connectivity index (χ1) is 12.1. The first-order valence-electron chi connectivity index (χ1n) is 8.45. The largest absolute Gasteiger partial charge is 0.496 e. The van der Waals surface area contributed by atoms with E-state index in [1.54, 1.807) is 26.3 Å². The highest BCUT2D eigenvalue weighted by Crippen LogP contribution is 2.19. The molecule has 0 saturated heterocycles. The Hall–Kier alpha value is -2.56. The third-order valence-corrected chi connectivity index (χ3v) is 3.99. The number of halogens is 1. The van der Waals surface area contributed by atoms with E-state index in [0.717, 1.165) is 24.3 Å². The molecule has 0 heterocycles. The predicted molar refractivity (Wildman–Crippen MR) is 101 cm³/mol. The summed E-state index contributed by atoms with van der Waals surface area (Å²) in [6.45, 7) is 3.42. The van der Waals surface area contributed by atoms with Gasteiger partial charge in [0.15, 0.2) is 5.96 Å². The summed E-state index contributed by atoms with van der Waals surface area (Å²) >= 11 is 0. The van der Waals surface area contributed by atoms with Gasteiger partial charge in [-0.25, -0.2) is 4.39 Å². The number of rotatable bonds is 7. The fraction of sp³-hybridized carbons (Fsp3) is 0.350. The minimum atomic E-state index is -0.168. The quantitative estimate of drug-likeness (QED) is 0.600. The average molecular weight is 343 g/mol. The summed E-state index contributed by atoms with van der Waals surface area (Å²) in [5.74, 6) is 1.44. The third kappa shape index (κ3) is 5.78. The molecule has 0 unspecified atom stereocenters. The third-order valence-electron chi connectivity index (χ3n) is 3.99. The van der Waals surface area contributed by atoms with Gasteiger partial charge in [-0.15, -0.1) is 0 Å². The molecule has 2 aromatic rings. The maximum atomic E-state index is 13.6. The van der Waals surface area contributed by atoms with Crippen molar-refractivity contribution in [2.24, 2.45) is 4.99 Å². The number of nitrogens with zero attached hydrogens (tertiary/aromatic N) is 1. The van der Waals surface area contributed by atoms with Crippen LogP contribution in [0, 0.1) is 12.7 Å². The van der Waals surface area contributed by atoms with Crippen LogP contribution in [0.15, 0.2) is 47.5 Å². The molecule has 2 rings (SSSR count). The number of nitrogens with one attached hydrogen (secondary N) is 2. The second-order valence-corrected chi connectivity index (χ2v) is 5.83. The van der Waals surface area contributed by atoms with E-state index < -0.39 is 0 Å². The Balaban J connectivity index is 1.79. The van der Waals surface area contributed by atoms with Crippen LogP contribution in [0.2, 0.25) is 0 Å². The molecule has 2 N–H and O–H groups in total.